The Labute approximate surface area is 245 Å². The summed E-state index contributed by atoms with van der Waals surface area (Å²) in [5.41, 5.74) is 4.80. The molecule has 4 aromatic rings. The van der Waals surface area contributed by atoms with Crippen molar-refractivity contribution in [3.8, 4) is 17.6 Å². The lowest BCUT2D eigenvalue weighted by atomic mass is 10.1. The highest BCUT2D eigenvalue weighted by Gasteiger charge is 2.16. The Bertz CT molecular complexity index is 1630. The summed E-state index contributed by atoms with van der Waals surface area (Å²) in [6, 6.07) is 19.2. The van der Waals surface area contributed by atoms with E-state index in [2.05, 4.69) is 27.8 Å². The van der Waals surface area contributed by atoms with Gasteiger partial charge >= 0.3 is 0 Å². The van der Waals surface area contributed by atoms with Crippen molar-refractivity contribution in [1.82, 2.24) is 9.88 Å². The van der Waals surface area contributed by atoms with Crippen LogP contribution in [0.2, 0.25) is 5.02 Å². The summed E-state index contributed by atoms with van der Waals surface area (Å²) in [6.07, 6.45) is 4.76. The second-order valence-electron chi connectivity index (χ2n) is 9.66. The van der Waals surface area contributed by atoms with Gasteiger partial charge in [0.25, 0.3) is 0 Å². The van der Waals surface area contributed by atoms with Gasteiger partial charge in [0.05, 0.1) is 34.1 Å². The smallest absolute Gasteiger partial charge is 0.248 e. The lowest BCUT2D eigenvalue weighted by molar-refractivity contribution is -0.111. The van der Waals surface area contributed by atoms with Gasteiger partial charge in [0.1, 0.15) is 24.2 Å². The summed E-state index contributed by atoms with van der Waals surface area (Å²) in [5, 5.41) is 17.1. The Kier molecular flexibility index (Phi) is 9.80. The van der Waals surface area contributed by atoms with Gasteiger partial charge in [0.2, 0.25) is 5.91 Å². The Hall–Kier alpha value is -4.58. The molecule has 41 heavy (non-hydrogen) atoms. The van der Waals surface area contributed by atoms with Crippen LogP contribution < -0.4 is 20.1 Å². The zero-order valence-electron chi connectivity index (χ0n) is 23.5. The molecule has 0 atom stereocenters. The van der Waals surface area contributed by atoms with Crippen LogP contribution in [0.3, 0.4) is 0 Å². The number of likely N-dealkylation sites (N-methyl/N-ethyl adjacent to an activating group) is 1. The van der Waals surface area contributed by atoms with E-state index in [0.29, 0.717) is 69.8 Å². The highest BCUT2D eigenvalue weighted by Crippen LogP contribution is 2.37. The number of nitrogens with zero attached hydrogens (tertiary/aromatic N) is 3. The number of nitrogens with one attached hydrogen (secondary N) is 2. The second-order valence-corrected chi connectivity index (χ2v) is 10.1. The number of benzene rings is 3. The summed E-state index contributed by atoms with van der Waals surface area (Å²) in [6.45, 7) is 5.33. The van der Waals surface area contributed by atoms with Crippen LogP contribution in [0, 0.1) is 18.3 Å². The lowest BCUT2D eigenvalue weighted by Crippen LogP contribution is -2.13. The van der Waals surface area contributed by atoms with Crippen molar-refractivity contribution in [2.24, 2.45) is 0 Å². The number of hydrogen-bond acceptors (Lipinski definition) is 7. The standard InChI is InChI=1S/C32H32ClN5O3/c1-5-40-30-17-27-25(16-28(30)37-31(39)10-7-13-38(3)4)32(23(18-34)19-35-27)36-24-11-12-29(26(33)15-24)41-20-22-9-6-8-21(2)14-22/h6-12,14-17,19H,5,13,20H2,1-4H3,(H,35,36)(H,37,39). The first-order valence-electron chi connectivity index (χ1n) is 13.1. The molecule has 0 saturated carbocycles. The molecule has 0 unspecified atom stereocenters. The number of nitriles is 1. The molecule has 0 bridgehead atoms. The second kappa shape index (κ2) is 13.7. The average molecular weight is 570 g/mol. The third kappa shape index (κ3) is 7.76. The molecule has 0 aliphatic rings. The minimum absolute atomic E-state index is 0.293. The van der Waals surface area contributed by atoms with Crippen LogP contribution in [0.5, 0.6) is 11.5 Å². The SMILES string of the molecule is CCOc1cc2ncc(C#N)c(Nc3ccc(OCc4cccc(C)c4)c(Cl)c3)c2cc1NC(=O)C=CCN(C)C. The first-order valence-corrected chi connectivity index (χ1v) is 13.5. The van der Waals surface area contributed by atoms with Crippen LogP contribution in [0.4, 0.5) is 17.1 Å². The number of ether oxygens (including phenoxy) is 2. The lowest BCUT2D eigenvalue weighted by Gasteiger charge is -2.16. The number of aromatic nitrogens is 1. The van der Waals surface area contributed by atoms with Gasteiger partial charge in [0, 0.05) is 36.0 Å². The number of fused-ring (bicyclic) bond motifs is 1. The Morgan fingerprint density at radius 3 is 2.66 bits per heavy atom. The maximum absolute atomic E-state index is 12.6. The van der Waals surface area contributed by atoms with Crippen molar-refractivity contribution in [1.29, 1.82) is 5.26 Å². The fraction of sp³-hybridized carbons (Fsp3) is 0.219. The Morgan fingerprint density at radius 1 is 1.12 bits per heavy atom. The van der Waals surface area contributed by atoms with Crippen LogP contribution in [0.25, 0.3) is 10.9 Å². The molecule has 0 radical (unpaired) electrons. The average Bonchev–Trinajstić information content (AvgIpc) is 2.93. The number of carbonyl (C=O) groups excluding carboxylic acids is 1. The Morgan fingerprint density at radius 2 is 1.95 bits per heavy atom. The molecule has 1 aromatic heterocycles. The fourth-order valence-electron chi connectivity index (χ4n) is 4.16. The fourth-order valence-corrected chi connectivity index (χ4v) is 4.39. The molecule has 0 spiro atoms. The van der Waals surface area contributed by atoms with Crippen molar-refractivity contribution in [3.63, 3.8) is 0 Å². The number of halogens is 1. The van der Waals surface area contributed by atoms with E-state index in [0.717, 1.165) is 11.1 Å². The van der Waals surface area contributed by atoms with E-state index < -0.39 is 0 Å². The molecular weight excluding hydrogens is 538 g/mol. The van der Waals surface area contributed by atoms with Crippen LogP contribution in [0.15, 0.2) is 72.9 Å². The third-order valence-electron chi connectivity index (χ3n) is 6.07. The first-order chi connectivity index (χ1) is 19.8. The topological polar surface area (TPSA) is 99.5 Å². The van der Waals surface area contributed by atoms with Crippen molar-refractivity contribution in [2.45, 2.75) is 20.5 Å². The largest absolute Gasteiger partial charge is 0.492 e. The molecular formula is C32H32ClN5O3. The highest BCUT2D eigenvalue weighted by atomic mass is 35.5. The molecule has 0 aliphatic heterocycles. The van der Waals surface area contributed by atoms with Crippen molar-refractivity contribution < 1.29 is 14.3 Å². The van der Waals surface area contributed by atoms with Gasteiger partial charge < -0.3 is 25.0 Å². The van der Waals surface area contributed by atoms with E-state index in [4.69, 9.17) is 21.1 Å². The monoisotopic (exact) mass is 569 g/mol. The third-order valence-corrected chi connectivity index (χ3v) is 6.36. The number of amides is 1. The predicted octanol–water partition coefficient (Wildman–Crippen LogP) is 6.85. The quantitative estimate of drug-likeness (QED) is 0.191. The van der Waals surface area contributed by atoms with Gasteiger partial charge in [-0.05, 0) is 57.8 Å². The summed E-state index contributed by atoms with van der Waals surface area (Å²) in [4.78, 5) is 19.0. The number of anilines is 3. The molecule has 0 saturated heterocycles. The molecule has 0 fully saturated rings. The number of carbonyl (C=O) groups is 1. The van der Waals surface area contributed by atoms with Crippen molar-refractivity contribution in [2.75, 3.05) is 37.9 Å². The first kappa shape index (κ1) is 29.4. The van der Waals surface area contributed by atoms with Crippen LogP contribution in [-0.4, -0.2) is 43.0 Å². The Balaban J connectivity index is 1.64. The zero-order chi connectivity index (χ0) is 29.4. The van der Waals surface area contributed by atoms with E-state index >= 15 is 0 Å². The van der Waals surface area contributed by atoms with E-state index in [9.17, 15) is 10.1 Å². The maximum atomic E-state index is 12.6. The summed E-state index contributed by atoms with van der Waals surface area (Å²) < 4.78 is 11.7. The molecule has 1 heterocycles. The summed E-state index contributed by atoms with van der Waals surface area (Å²) in [7, 11) is 3.85. The molecule has 4 rings (SSSR count). The van der Waals surface area contributed by atoms with Crippen LogP contribution in [-0.2, 0) is 11.4 Å². The van der Waals surface area contributed by atoms with Gasteiger partial charge in [-0.15, -0.1) is 0 Å². The van der Waals surface area contributed by atoms with Gasteiger partial charge in [-0.2, -0.15) is 5.26 Å². The molecule has 1 amide bonds. The number of hydrogen-bond donors (Lipinski definition) is 2. The van der Waals surface area contributed by atoms with E-state index in [1.807, 2.05) is 57.1 Å². The summed E-state index contributed by atoms with van der Waals surface area (Å²) in [5.74, 6) is 0.738. The van der Waals surface area contributed by atoms with Gasteiger partial charge in [-0.1, -0.05) is 47.5 Å². The molecule has 9 heteroatoms. The molecule has 0 aliphatic carbocycles. The predicted molar refractivity (Wildman–Crippen MR) is 164 cm³/mol. The molecule has 8 nitrogen and oxygen atoms in total. The minimum atomic E-state index is -0.293. The number of rotatable bonds is 11. The van der Waals surface area contributed by atoms with Crippen LogP contribution in [0.1, 0.15) is 23.6 Å². The summed E-state index contributed by atoms with van der Waals surface area (Å²) >= 11 is 6.57. The molecule has 2 N–H and O–H groups in total. The van der Waals surface area contributed by atoms with E-state index in [1.54, 1.807) is 30.3 Å². The molecule has 210 valence electrons. The minimum Gasteiger partial charge on any atom is -0.492 e. The normalized spacial score (nSPS) is 11.0. The van der Waals surface area contributed by atoms with Crippen molar-refractivity contribution in [3.05, 3.63) is 94.7 Å². The van der Waals surface area contributed by atoms with Gasteiger partial charge in [0.15, 0.2) is 0 Å². The number of aryl methyl sites for hydroxylation is 1. The van der Waals surface area contributed by atoms with Gasteiger partial charge in [-0.3, -0.25) is 9.78 Å². The maximum Gasteiger partial charge on any atom is 0.248 e. The van der Waals surface area contributed by atoms with Gasteiger partial charge in [-0.25, -0.2) is 0 Å². The number of pyridine rings is 1. The zero-order valence-corrected chi connectivity index (χ0v) is 24.2. The van der Waals surface area contributed by atoms with Crippen LogP contribution >= 0.6 is 11.6 Å². The highest BCUT2D eigenvalue weighted by molar-refractivity contribution is 6.32. The van der Waals surface area contributed by atoms with Crippen molar-refractivity contribution >= 4 is 45.5 Å². The van der Waals surface area contributed by atoms with E-state index in [-0.39, 0.29) is 5.91 Å². The molecule has 3 aromatic carbocycles. The van der Waals surface area contributed by atoms with E-state index in [1.165, 1.54) is 12.3 Å².